The number of hydrogen-bond acceptors (Lipinski definition) is 7. The Kier molecular flexibility index (Phi) is 6.23. The Balaban J connectivity index is 2.90. The van der Waals surface area contributed by atoms with Gasteiger partial charge in [-0.15, -0.1) is 22.9 Å². The number of ether oxygens (including phenoxy) is 1. The van der Waals surface area contributed by atoms with Crippen LogP contribution < -0.4 is 5.32 Å². The molecule has 19 heavy (non-hydrogen) atoms. The Labute approximate surface area is 118 Å². The molecule has 0 aliphatic carbocycles. The second-order valence-corrected chi connectivity index (χ2v) is 4.19. The third kappa shape index (κ3) is 4.49. The minimum atomic E-state index is -0.648. The maximum absolute atomic E-state index is 11.6. The molecule has 1 rings (SSSR count). The summed E-state index contributed by atoms with van der Waals surface area (Å²) in [6, 6.07) is 0. The smallest absolute Gasteiger partial charge is 0.362 e. The molecule has 0 radical (unpaired) electrons. The predicted octanol–water partition coefficient (Wildman–Crippen LogP) is 1.23. The SMILES string of the molecule is CCOC(=O)/C(=N/OC)c1csc(NC(=O)CCl)n1. The van der Waals surface area contributed by atoms with Crippen LogP contribution in [0, 0.1) is 0 Å². The molecule has 0 atom stereocenters. The summed E-state index contributed by atoms with van der Waals surface area (Å²) in [6.45, 7) is 1.89. The van der Waals surface area contributed by atoms with Crippen LogP contribution in [0.1, 0.15) is 12.6 Å². The monoisotopic (exact) mass is 305 g/mol. The minimum absolute atomic E-state index is 0.0630. The third-order valence-electron chi connectivity index (χ3n) is 1.77. The second kappa shape index (κ2) is 7.70. The van der Waals surface area contributed by atoms with E-state index in [9.17, 15) is 9.59 Å². The van der Waals surface area contributed by atoms with Gasteiger partial charge >= 0.3 is 5.97 Å². The molecule has 0 unspecified atom stereocenters. The van der Waals surface area contributed by atoms with Crippen molar-refractivity contribution in [1.29, 1.82) is 0 Å². The molecule has 0 saturated carbocycles. The number of carbonyl (C=O) groups excluding carboxylic acids is 2. The molecule has 0 aliphatic rings. The fourth-order valence-electron chi connectivity index (χ4n) is 1.07. The third-order valence-corrected chi connectivity index (χ3v) is 2.77. The highest BCUT2D eigenvalue weighted by atomic mass is 35.5. The van der Waals surface area contributed by atoms with E-state index in [2.05, 4.69) is 20.3 Å². The van der Waals surface area contributed by atoms with Gasteiger partial charge in [0.25, 0.3) is 0 Å². The number of hydrogen-bond donors (Lipinski definition) is 1. The first-order valence-corrected chi connectivity index (χ1v) is 6.63. The highest BCUT2D eigenvalue weighted by molar-refractivity contribution is 7.14. The zero-order valence-electron chi connectivity index (χ0n) is 10.3. The number of nitrogens with zero attached hydrogens (tertiary/aromatic N) is 2. The van der Waals surface area contributed by atoms with Crippen LogP contribution in [0.15, 0.2) is 10.5 Å². The topological polar surface area (TPSA) is 89.9 Å². The van der Waals surface area contributed by atoms with Crippen LogP contribution in [-0.4, -0.2) is 42.2 Å². The summed E-state index contributed by atoms with van der Waals surface area (Å²) in [7, 11) is 1.31. The molecule has 7 nitrogen and oxygen atoms in total. The number of carbonyl (C=O) groups is 2. The van der Waals surface area contributed by atoms with Crippen molar-refractivity contribution in [1.82, 2.24) is 4.98 Å². The Morgan fingerprint density at radius 2 is 2.32 bits per heavy atom. The van der Waals surface area contributed by atoms with Gasteiger partial charge in [0, 0.05) is 5.38 Å². The van der Waals surface area contributed by atoms with Crippen molar-refractivity contribution in [2.75, 3.05) is 24.9 Å². The van der Waals surface area contributed by atoms with E-state index < -0.39 is 5.97 Å². The number of halogens is 1. The molecular weight excluding hydrogens is 294 g/mol. The first-order valence-electron chi connectivity index (χ1n) is 5.22. The summed E-state index contributed by atoms with van der Waals surface area (Å²) < 4.78 is 4.83. The molecule has 0 saturated heterocycles. The van der Waals surface area contributed by atoms with Gasteiger partial charge in [0.05, 0.1) is 6.61 Å². The summed E-state index contributed by atoms with van der Waals surface area (Å²) in [6.07, 6.45) is 0. The van der Waals surface area contributed by atoms with Crippen molar-refractivity contribution < 1.29 is 19.2 Å². The number of oxime groups is 1. The molecule has 0 aliphatic heterocycles. The molecule has 9 heteroatoms. The van der Waals surface area contributed by atoms with Gasteiger partial charge in [0.1, 0.15) is 18.7 Å². The number of aromatic nitrogens is 1. The zero-order chi connectivity index (χ0) is 14.3. The van der Waals surface area contributed by atoms with Crippen molar-refractivity contribution in [3.63, 3.8) is 0 Å². The van der Waals surface area contributed by atoms with E-state index in [-0.39, 0.29) is 29.8 Å². The van der Waals surface area contributed by atoms with Gasteiger partial charge < -0.3 is 14.9 Å². The van der Waals surface area contributed by atoms with E-state index in [1.807, 2.05) is 0 Å². The largest absolute Gasteiger partial charge is 0.461 e. The maximum Gasteiger partial charge on any atom is 0.362 e. The fraction of sp³-hybridized carbons (Fsp3) is 0.400. The summed E-state index contributed by atoms with van der Waals surface area (Å²) in [4.78, 5) is 31.4. The molecular formula is C10H12ClN3O4S. The number of rotatable bonds is 6. The zero-order valence-corrected chi connectivity index (χ0v) is 11.9. The normalized spacial score (nSPS) is 11.0. The Morgan fingerprint density at radius 1 is 1.58 bits per heavy atom. The van der Waals surface area contributed by atoms with E-state index in [1.165, 1.54) is 7.11 Å². The number of esters is 1. The van der Waals surface area contributed by atoms with Gasteiger partial charge in [-0.3, -0.25) is 4.79 Å². The van der Waals surface area contributed by atoms with Crippen LogP contribution >= 0.6 is 22.9 Å². The Bertz CT molecular complexity index is 489. The fourth-order valence-corrected chi connectivity index (χ4v) is 1.85. The van der Waals surface area contributed by atoms with Crippen LogP contribution in [0.25, 0.3) is 0 Å². The van der Waals surface area contributed by atoms with Gasteiger partial charge in [-0.2, -0.15) is 0 Å². The molecule has 0 aromatic carbocycles. The lowest BCUT2D eigenvalue weighted by atomic mass is 10.3. The lowest BCUT2D eigenvalue weighted by molar-refractivity contribution is -0.135. The Morgan fingerprint density at radius 3 is 2.89 bits per heavy atom. The molecule has 0 fully saturated rings. The molecule has 1 amide bonds. The standard InChI is InChI=1S/C10H12ClN3O4S/c1-3-18-9(16)8(14-17-2)6-5-19-10(12-6)13-7(15)4-11/h5H,3-4H2,1-2H3,(H,12,13,15)/b14-8+. The van der Waals surface area contributed by atoms with Gasteiger partial charge in [-0.05, 0) is 6.92 Å². The number of nitrogens with one attached hydrogen (secondary N) is 1. The minimum Gasteiger partial charge on any atom is -0.461 e. The van der Waals surface area contributed by atoms with Crippen molar-refractivity contribution in [2.45, 2.75) is 6.92 Å². The van der Waals surface area contributed by atoms with Crippen molar-refractivity contribution in [3.05, 3.63) is 11.1 Å². The average molecular weight is 306 g/mol. The van der Waals surface area contributed by atoms with Crippen LogP contribution in [0.2, 0.25) is 0 Å². The molecule has 1 heterocycles. The number of anilines is 1. The van der Waals surface area contributed by atoms with Crippen molar-refractivity contribution in [3.8, 4) is 0 Å². The first kappa shape index (κ1) is 15.4. The highest BCUT2D eigenvalue weighted by Crippen LogP contribution is 2.16. The molecule has 1 aromatic rings. The first-order chi connectivity index (χ1) is 9.12. The van der Waals surface area contributed by atoms with Gasteiger partial charge in [0.2, 0.25) is 11.6 Å². The van der Waals surface area contributed by atoms with Gasteiger partial charge in [0.15, 0.2) is 5.13 Å². The lowest BCUT2D eigenvalue weighted by Crippen LogP contribution is -2.20. The average Bonchev–Trinajstić information content (AvgIpc) is 2.84. The summed E-state index contributed by atoms with van der Waals surface area (Å²) in [5.74, 6) is -1.21. The molecule has 0 bridgehead atoms. The van der Waals surface area contributed by atoms with Gasteiger partial charge in [-0.25, -0.2) is 9.78 Å². The summed E-state index contributed by atoms with van der Waals surface area (Å²) in [5.41, 5.74) is 0.196. The molecule has 1 N–H and O–H groups in total. The van der Waals surface area contributed by atoms with E-state index >= 15 is 0 Å². The maximum atomic E-state index is 11.6. The number of thiazole rings is 1. The van der Waals surface area contributed by atoms with E-state index in [0.717, 1.165) is 11.3 Å². The summed E-state index contributed by atoms with van der Waals surface area (Å²) >= 11 is 6.50. The lowest BCUT2D eigenvalue weighted by Gasteiger charge is -2.02. The number of amides is 1. The second-order valence-electron chi connectivity index (χ2n) is 3.06. The van der Waals surface area contributed by atoms with Crippen LogP contribution in [-0.2, 0) is 19.2 Å². The van der Waals surface area contributed by atoms with Crippen molar-refractivity contribution >= 4 is 45.7 Å². The van der Waals surface area contributed by atoms with Crippen LogP contribution in [0.5, 0.6) is 0 Å². The number of alkyl halides is 1. The van der Waals surface area contributed by atoms with Crippen molar-refractivity contribution in [2.24, 2.45) is 5.16 Å². The molecule has 1 aromatic heterocycles. The highest BCUT2D eigenvalue weighted by Gasteiger charge is 2.20. The quantitative estimate of drug-likeness (QED) is 0.369. The van der Waals surface area contributed by atoms with E-state index in [4.69, 9.17) is 16.3 Å². The summed E-state index contributed by atoms with van der Waals surface area (Å²) in [5, 5.41) is 7.91. The predicted molar refractivity (Wildman–Crippen MR) is 71.6 cm³/mol. The Hall–Kier alpha value is -1.67. The van der Waals surface area contributed by atoms with Crippen LogP contribution in [0.3, 0.4) is 0 Å². The van der Waals surface area contributed by atoms with E-state index in [0.29, 0.717) is 5.13 Å². The van der Waals surface area contributed by atoms with E-state index in [1.54, 1.807) is 12.3 Å². The molecule has 0 spiro atoms. The van der Waals surface area contributed by atoms with Gasteiger partial charge in [-0.1, -0.05) is 5.16 Å². The van der Waals surface area contributed by atoms with Crippen LogP contribution in [0.4, 0.5) is 5.13 Å². The molecule has 104 valence electrons.